The summed E-state index contributed by atoms with van der Waals surface area (Å²) in [5.41, 5.74) is 1.49. The van der Waals surface area contributed by atoms with Crippen LogP contribution < -0.4 is 10.8 Å². The summed E-state index contributed by atoms with van der Waals surface area (Å²) < 4.78 is 11.5. The summed E-state index contributed by atoms with van der Waals surface area (Å²) in [6.45, 7) is 1.68. The Bertz CT molecular complexity index is 171. The van der Waals surface area contributed by atoms with Gasteiger partial charge in [-0.15, -0.1) is 4.48 Å². The first-order chi connectivity index (χ1) is 6.57. The number of unbranched alkanes of at least 4 members (excludes halogenated alkanes) is 1. The predicted octanol–water partition coefficient (Wildman–Crippen LogP) is -0.216. The molecule has 14 heavy (non-hydrogen) atoms. The molecule has 0 aliphatic carbocycles. The van der Waals surface area contributed by atoms with Gasteiger partial charge in [0.05, 0.1) is 6.04 Å². The van der Waals surface area contributed by atoms with E-state index in [0.717, 1.165) is 0 Å². The molecule has 0 spiro atoms. The molecule has 82 valence electrons. The lowest BCUT2D eigenvalue weighted by Crippen LogP contribution is -2.44. The molecular weight excluding hydrogens is 190 g/mol. The van der Waals surface area contributed by atoms with E-state index in [9.17, 15) is 9.28 Å². The second kappa shape index (κ2) is 7.72. The van der Waals surface area contributed by atoms with Gasteiger partial charge in [-0.2, -0.15) is 5.54 Å². The molecule has 5 nitrogen and oxygen atoms in total. The molecule has 1 atom stereocenters. The van der Waals surface area contributed by atoms with Crippen molar-refractivity contribution in [2.45, 2.75) is 32.1 Å². The predicted molar refractivity (Wildman–Crippen MR) is 51.4 cm³/mol. The first-order valence-electron chi connectivity index (χ1n) is 4.58. The first-order valence-corrected chi connectivity index (χ1v) is 4.58. The van der Waals surface area contributed by atoms with Crippen LogP contribution in [0.15, 0.2) is 0 Å². The molecule has 0 fully saturated rings. The van der Waals surface area contributed by atoms with Crippen LogP contribution >= 0.6 is 0 Å². The molecule has 1 unspecified atom stereocenters. The van der Waals surface area contributed by atoms with Crippen molar-refractivity contribution in [2.24, 2.45) is 0 Å². The number of rotatable bonds is 8. The highest BCUT2D eigenvalue weighted by Gasteiger charge is 2.19. The monoisotopic (exact) mass is 206 g/mol. The minimum absolute atomic E-state index is 0.223. The average Bonchev–Trinajstić information content (AvgIpc) is 2.09. The van der Waals surface area contributed by atoms with E-state index in [4.69, 9.17) is 10.1 Å². The van der Waals surface area contributed by atoms with Gasteiger partial charge in [0, 0.05) is 6.54 Å². The highest BCUT2D eigenvalue weighted by Crippen LogP contribution is 2.01. The second-order valence-corrected chi connectivity index (χ2v) is 3.11. The summed E-state index contributed by atoms with van der Waals surface area (Å²) >= 11 is 0. The third-order valence-electron chi connectivity index (χ3n) is 1.75. The maximum absolute atomic E-state index is 11.5. The van der Waals surface area contributed by atoms with Crippen LogP contribution in [0, 0.1) is 0 Å². The first kappa shape index (κ1) is 13.3. The van der Waals surface area contributed by atoms with Crippen LogP contribution in [-0.4, -0.2) is 35.7 Å². The Kier molecular flexibility index (Phi) is 7.36. The molecule has 0 aromatic carbocycles. The molecule has 0 rings (SSSR count). The van der Waals surface area contributed by atoms with Crippen molar-refractivity contribution in [1.82, 2.24) is 10.8 Å². The fourth-order valence-corrected chi connectivity index (χ4v) is 1.11. The Labute approximate surface area is 82.8 Å². The number of nitrogens with one attached hydrogen (secondary N) is 2. The SMILES string of the molecule is CB(O)NC(CCCCNF)C(=O)O. The molecular formula is C7H16BFN2O3. The average molecular weight is 206 g/mol. The Morgan fingerprint density at radius 1 is 1.57 bits per heavy atom. The van der Waals surface area contributed by atoms with E-state index in [1.165, 1.54) is 12.4 Å². The van der Waals surface area contributed by atoms with Crippen molar-refractivity contribution >= 4 is 13.0 Å². The topological polar surface area (TPSA) is 81.6 Å². The van der Waals surface area contributed by atoms with Gasteiger partial charge in [0.15, 0.2) is 0 Å². The zero-order chi connectivity index (χ0) is 11.0. The van der Waals surface area contributed by atoms with Crippen LogP contribution in [-0.2, 0) is 4.79 Å². The lowest BCUT2D eigenvalue weighted by molar-refractivity contribution is -0.139. The number of halogens is 1. The number of aliphatic carboxylic acids is 1. The smallest absolute Gasteiger partial charge is 0.374 e. The molecule has 4 N–H and O–H groups in total. The highest BCUT2D eigenvalue weighted by molar-refractivity contribution is 6.45. The van der Waals surface area contributed by atoms with Crippen molar-refractivity contribution in [3.8, 4) is 0 Å². The van der Waals surface area contributed by atoms with Gasteiger partial charge in [0.2, 0.25) is 0 Å². The van der Waals surface area contributed by atoms with Gasteiger partial charge in [-0.1, -0.05) is 0 Å². The number of carbonyl (C=O) groups is 1. The van der Waals surface area contributed by atoms with Crippen LogP contribution in [0.1, 0.15) is 19.3 Å². The van der Waals surface area contributed by atoms with Gasteiger partial charge in [-0.3, -0.25) is 4.79 Å². The summed E-state index contributed by atoms with van der Waals surface area (Å²) in [6.07, 6.45) is 1.54. The minimum atomic E-state index is -1.00. The lowest BCUT2D eigenvalue weighted by Gasteiger charge is -2.14. The number of hydrogen-bond donors (Lipinski definition) is 4. The summed E-state index contributed by atoms with van der Waals surface area (Å²) in [4.78, 5) is 10.6. The highest BCUT2D eigenvalue weighted by atomic mass is 19.2. The van der Waals surface area contributed by atoms with Crippen molar-refractivity contribution in [2.75, 3.05) is 6.54 Å². The molecule has 0 saturated carbocycles. The number of carboxylic acid groups (broad SMARTS) is 1. The summed E-state index contributed by atoms with van der Waals surface area (Å²) in [5, 5.41) is 20.1. The largest absolute Gasteiger partial charge is 0.480 e. The summed E-state index contributed by atoms with van der Waals surface area (Å²) in [5.74, 6) is -1.00. The summed E-state index contributed by atoms with van der Waals surface area (Å²) in [6, 6.07) is -0.769. The van der Waals surface area contributed by atoms with Crippen molar-refractivity contribution in [3.63, 3.8) is 0 Å². The van der Waals surface area contributed by atoms with Gasteiger partial charge in [-0.25, -0.2) is 0 Å². The molecule has 0 bridgehead atoms. The van der Waals surface area contributed by atoms with Crippen LogP contribution in [0.2, 0.25) is 6.82 Å². The van der Waals surface area contributed by atoms with E-state index in [0.29, 0.717) is 19.3 Å². The van der Waals surface area contributed by atoms with Crippen LogP contribution in [0.5, 0.6) is 0 Å². The van der Waals surface area contributed by atoms with Gasteiger partial charge in [-0.05, 0) is 26.1 Å². The lowest BCUT2D eigenvalue weighted by atomic mass is 9.86. The molecule has 0 aromatic heterocycles. The quantitative estimate of drug-likeness (QED) is 0.251. The zero-order valence-corrected chi connectivity index (χ0v) is 8.16. The molecule has 0 radical (unpaired) electrons. The molecule has 0 aliphatic heterocycles. The fourth-order valence-electron chi connectivity index (χ4n) is 1.11. The maximum Gasteiger partial charge on any atom is 0.374 e. The summed E-state index contributed by atoms with van der Waals surface area (Å²) in [7, 11) is -0.851. The maximum atomic E-state index is 11.5. The normalized spacial score (nSPS) is 12.5. The number of carboxylic acids is 1. The van der Waals surface area contributed by atoms with Crippen LogP contribution in [0.3, 0.4) is 0 Å². The second-order valence-electron chi connectivity index (χ2n) is 3.11. The van der Waals surface area contributed by atoms with E-state index < -0.39 is 19.1 Å². The Hall–Kier alpha value is -0.655. The zero-order valence-electron chi connectivity index (χ0n) is 8.16. The third-order valence-corrected chi connectivity index (χ3v) is 1.75. The van der Waals surface area contributed by atoms with Crippen LogP contribution in [0.25, 0.3) is 0 Å². The Balaban J connectivity index is 3.68. The molecule has 0 aliphatic rings. The Morgan fingerprint density at radius 3 is 2.64 bits per heavy atom. The molecule has 0 heterocycles. The molecule has 0 aromatic rings. The third kappa shape index (κ3) is 6.82. The van der Waals surface area contributed by atoms with Crippen LogP contribution in [0.4, 0.5) is 4.48 Å². The van der Waals surface area contributed by atoms with Crippen molar-refractivity contribution in [1.29, 1.82) is 0 Å². The van der Waals surface area contributed by atoms with Crippen molar-refractivity contribution in [3.05, 3.63) is 0 Å². The minimum Gasteiger partial charge on any atom is -0.480 e. The van der Waals surface area contributed by atoms with E-state index in [2.05, 4.69) is 5.23 Å². The molecule has 7 heteroatoms. The number of hydrogen-bond acceptors (Lipinski definition) is 4. The standard InChI is InChI=1S/C7H16BFN2O3/c1-8(14)11-6(7(12)13)4-2-3-5-10-9/h6,10-11,14H,2-5H2,1H3,(H,12,13). The fraction of sp³-hybridized carbons (Fsp3) is 0.857. The van der Waals surface area contributed by atoms with E-state index >= 15 is 0 Å². The molecule has 0 saturated heterocycles. The van der Waals surface area contributed by atoms with Gasteiger partial charge >= 0.3 is 13.0 Å². The van der Waals surface area contributed by atoms with E-state index in [1.807, 2.05) is 0 Å². The van der Waals surface area contributed by atoms with Gasteiger partial charge in [0.25, 0.3) is 0 Å². The van der Waals surface area contributed by atoms with E-state index in [1.54, 1.807) is 0 Å². The van der Waals surface area contributed by atoms with E-state index in [-0.39, 0.29) is 6.54 Å². The molecule has 0 amide bonds. The van der Waals surface area contributed by atoms with Crippen molar-refractivity contribution < 1.29 is 19.4 Å². The van der Waals surface area contributed by atoms with Gasteiger partial charge < -0.3 is 15.4 Å². The Morgan fingerprint density at radius 2 is 2.21 bits per heavy atom. The van der Waals surface area contributed by atoms with Gasteiger partial charge in [0.1, 0.15) is 0 Å².